The third-order valence-corrected chi connectivity index (χ3v) is 11.1. The van der Waals surface area contributed by atoms with E-state index >= 15 is 0 Å². The van der Waals surface area contributed by atoms with E-state index in [0.717, 1.165) is 24.8 Å². The molecule has 0 aromatic heterocycles. The molecule has 3 rings (SSSR count). The van der Waals surface area contributed by atoms with Crippen molar-refractivity contribution in [3.8, 4) is 5.75 Å². The highest BCUT2D eigenvalue weighted by molar-refractivity contribution is 7.02. The first-order valence-electron chi connectivity index (χ1n) is 10.00. The zero-order chi connectivity index (χ0) is 19.3. The molecule has 0 bridgehead atoms. The summed E-state index contributed by atoms with van der Waals surface area (Å²) in [5, 5.41) is 13.2. The summed E-state index contributed by atoms with van der Waals surface area (Å²) in [7, 11) is -2.00. The largest absolute Gasteiger partial charge is 0.508 e. The lowest BCUT2D eigenvalue weighted by Gasteiger charge is -2.35. The maximum absolute atomic E-state index is 10.3. The number of hydrogen-bond donors (Lipinski definition) is 1. The standard InChI is InChI=1S/C25H30OSi/c1-4-5-12-22-19-21(17-18-25(22)26)20(2)27(3,23-13-8-6-9-14-23)24-15-10-7-11-16-24/h6-11,13-20,26H,4-5,12H2,1-3H3. The molecule has 1 N–H and O–H groups in total. The van der Waals surface area contributed by atoms with Gasteiger partial charge in [0.25, 0.3) is 0 Å². The van der Waals surface area contributed by atoms with Crippen molar-refractivity contribution in [1.82, 2.24) is 0 Å². The number of unbranched alkanes of at least 4 members (excludes halogenated alkanes) is 1. The molecule has 0 aliphatic rings. The van der Waals surface area contributed by atoms with Gasteiger partial charge in [0.15, 0.2) is 0 Å². The molecule has 140 valence electrons. The third kappa shape index (κ3) is 4.01. The van der Waals surface area contributed by atoms with Crippen molar-refractivity contribution in [1.29, 1.82) is 0 Å². The van der Waals surface area contributed by atoms with Crippen LogP contribution in [-0.2, 0) is 6.42 Å². The minimum Gasteiger partial charge on any atom is -0.508 e. The third-order valence-electron chi connectivity index (χ3n) is 6.02. The highest BCUT2D eigenvalue weighted by Crippen LogP contribution is 2.30. The van der Waals surface area contributed by atoms with Gasteiger partial charge in [0.05, 0.1) is 0 Å². The van der Waals surface area contributed by atoms with E-state index in [2.05, 4.69) is 93.2 Å². The van der Waals surface area contributed by atoms with Gasteiger partial charge in [-0.05, 0) is 35.6 Å². The van der Waals surface area contributed by atoms with Crippen molar-refractivity contribution in [2.75, 3.05) is 0 Å². The molecule has 0 fully saturated rings. The quantitative estimate of drug-likeness (QED) is 0.559. The molecule has 2 heteroatoms. The zero-order valence-electron chi connectivity index (χ0n) is 16.7. The van der Waals surface area contributed by atoms with Crippen molar-refractivity contribution >= 4 is 18.4 Å². The fourth-order valence-corrected chi connectivity index (χ4v) is 7.96. The Balaban J connectivity index is 2.08. The summed E-state index contributed by atoms with van der Waals surface area (Å²) >= 11 is 0. The number of hydrogen-bond acceptors (Lipinski definition) is 1. The van der Waals surface area contributed by atoms with E-state index in [-0.39, 0.29) is 0 Å². The molecule has 27 heavy (non-hydrogen) atoms. The monoisotopic (exact) mass is 374 g/mol. The molecule has 0 amide bonds. The van der Waals surface area contributed by atoms with Crippen molar-refractivity contribution in [2.24, 2.45) is 0 Å². The van der Waals surface area contributed by atoms with E-state index < -0.39 is 8.07 Å². The number of rotatable bonds is 7. The van der Waals surface area contributed by atoms with Crippen molar-refractivity contribution in [3.63, 3.8) is 0 Å². The molecule has 0 spiro atoms. The van der Waals surface area contributed by atoms with Gasteiger partial charge in [-0.3, -0.25) is 0 Å². The first kappa shape index (κ1) is 19.4. The predicted octanol–water partition coefficient (Wildman–Crippen LogP) is 5.27. The van der Waals surface area contributed by atoms with Crippen LogP contribution in [-0.4, -0.2) is 13.2 Å². The van der Waals surface area contributed by atoms with Gasteiger partial charge in [-0.1, -0.05) is 110 Å². The predicted molar refractivity (Wildman–Crippen MR) is 119 cm³/mol. The van der Waals surface area contributed by atoms with Crippen LogP contribution < -0.4 is 10.4 Å². The van der Waals surface area contributed by atoms with Crippen LogP contribution in [0, 0.1) is 0 Å². The maximum atomic E-state index is 10.3. The van der Waals surface area contributed by atoms with Crippen molar-refractivity contribution < 1.29 is 5.11 Å². The average molecular weight is 375 g/mol. The summed E-state index contributed by atoms with van der Waals surface area (Å²) in [6.45, 7) is 7.03. The Bertz CT molecular complexity index is 819. The van der Waals surface area contributed by atoms with Crippen LogP contribution in [0.15, 0.2) is 78.9 Å². The molecule has 3 aromatic rings. The normalized spacial score (nSPS) is 12.7. The molecular weight excluding hydrogens is 344 g/mol. The van der Waals surface area contributed by atoms with Crippen molar-refractivity contribution in [2.45, 2.75) is 45.2 Å². The van der Waals surface area contributed by atoms with Crippen LogP contribution in [0.3, 0.4) is 0 Å². The molecule has 1 unspecified atom stereocenters. The number of benzene rings is 3. The van der Waals surface area contributed by atoms with E-state index in [1.807, 2.05) is 6.07 Å². The highest BCUT2D eigenvalue weighted by atomic mass is 28.3. The minimum absolute atomic E-state index is 0.406. The van der Waals surface area contributed by atoms with Gasteiger partial charge in [-0.2, -0.15) is 0 Å². The summed E-state index contributed by atoms with van der Waals surface area (Å²) in [4.78, 5) is 0. The fraction of sp³-hybridized carbons (Fsp3) is 0.280. The molecule has 1 atom stereocenters. The molecule has 0 aliphatic heterocycles. The SMILES string of the molecule is CCCCc1cc(C(C)[Si](C)(c2ccccc2)c2ccccc2)ccc1O. The fourth-order valence-electron chi connectivity index (χ4n) is 4.01. The van der Waals surface area contributed by atoms with Gasteiger partial charge in [0.2, 0.25) is 0 Å². The molecular formula is C25H30OSi. The van der Waals surface area contributed by atoms with E-state index in [0.29, 0.717) is 11.3 Å². The number of phenolic OH excluding ortho intramolecular Hbond substituents is 1. The minimum atomic E-state index is -2.00. The summed E-state index contributed by atoms with van der Waals surface area (Å²) in [6, 6.07) is 28.2. The Hall–Kier alpha value is -2.32. The van der Waals surface area contributed by atoms with Crippen LogP contribution in [0.4, 0.5) is 0 Å². The lowest BCUT2D eigenvalue weighted by molar-refractivity contribution is 0.466. The lowest BCUT2D eigenvalue weighted by Crippen LogP contribution is -2.59. The zero-order valence-corrected chi connectivity index (χ0v) is 17.7. The molecule has 1 nitrogen and oxygen atoms in total. The topological polar surface area (TPSA) is 20.2 Å². The van der Waals surface area contributed by atoms with Crippen LogP contribution in [0.1, 0.15) is 43.4 Å². The number of phenols is 1. The van der Waals surface area contributed by atoms with E-state index in [4.69, 9.17) is 0 Å². The summed E-state index contributed by atoms with van der Waals surface area (Å²) < 4.78 is 0. The Kier molecular flexibility index (Phi) is 6.18. The molecule has 0 saturated carbocycles. The Labute approximate surface area is 164 Å². The van der Waals surface area contributed by atoms with E-state index in [1.54, 1.807) is 0 Å². The summed E-state index contributed by atoms with van der Waals surface area (Å²) in [5.74, 6) is 0.433. The maximum Gasteiger partial charge on any atom is 0.122 e. The second-order valence-electron chi connectivity index (χ2n) is 7.65. The Morgan fingerprint density at radius 3 is 1.93 bits per heavy atom. The van der Waals surface area contributed by atoms with Crippen LogP contribution in [0.2, 0.25) is 6.55 Å². The summed E-state index contributed by atoms with van der Waals surface area (Å²) in [5.41, 5.74) is 2.82. The first-order chi connectivity index (χ1) is 13.1. The second kappa shape index (κ2) is 8.58. The second-order valence-corrected chi connectivity index (χ2v) is 12.1. The van der Waals surface area contributed by atoms with Crippen LogP contribution >= 0.6 is 0 Å². The summed E-state index contributed by atoms with van der Waals surface area (Å²) in [6.07, 6.45) is 3.19. The van der Waals surface area contributed by atoms with Gasteiger partial charge in [-0.25, -0.2) is 0 Å². The highest BCUT2D eigenvalue weighted by Gasteiger charge is 2.38. The van der Waals surface area contributed by atoms with Gasteiger partial charge in [0.1, 0.15) is 13.8 Å². The number of aromatic hydroxyl groups is 1. The van der Waals surface area contributed by atoms with Gasteiger partial charge < -0.3 is 5.11 Å². The van der Waals surface area contributed by atoms with E-state index in [1.165, 1.54) is 15.9 Å². The van der Waals surface area contributed by atoms with Gasteiger partial charge >= 0.3 is 0 Å². The Morgan fingerprint density at radius 2 is 1.41 bits per heavy atom. The Morgan fingerprint density at radius 1 is 0.852 bits per heavy atom. The van der Waals surface area contributed by atoms with Gasteiger partial charge in [0, 0.05) is 0 Å². The first-order valence-corrected chi connectivity index (χ1v) is 12.6. The lowest BCUT2D eigenvalue weighted by atomic mass is 10.0. The average Bonchev–Trinajstić information content (AvgIpc) is 2.73. The smallest absolute Gasteiger partial charge is 0.122 e. The number of aryl methyl sites for hydroxylation is 1. The molecule has 0 heterocycles. The molecule has 0 radical (unpaired) electrons. The molecule has 0 aliphatic carbocycles. The molecule has 0 saturated heterocycles. The van der Waals surface area contributed by atoms with Crippen molar-refractivity contribution in [3.05, 3.63) is 90.0 Å². The van der Waals surface area contributed by atoms with E-state index in [9.17, 15) is 5.11 Å². The van der Waals surface area contributed by atoms with Crippen LogP contribution in [0.5, 0.6) is 5.75 Å². The van der Waals surface area contributed by atoms with Gasteiger partial charge in [-0.15, -0.1) is 0 Å². The van der Waals surface area contributed by atoms with Crippen LogP contribution in [0.25, 0.3) is 0 Å². The molecule has 3 aromatic carbocycles.